The van der Waals surface area contributed by atoms with Crippen molar-refractivity contribution in [2.45, 2.75) is 63.8 Å². The lowest BCUT2D eigenvalue weighted by Gasteiger charge is -2.43. The Bertz CT molecular complexity index is 445. The molecule has 112 valence electrons. The predicted molar refractivity (Wildman–Crippen MR) is 78.5 cm³/mol. The number of rotatable bonds is 4. The molecule has 1 aromatic heterocycles. The second-order valence-corrected chi connectivity index (χ2v) is 6.11. The van der Waals surface area contributed by atoms with Gasteiger partial charge >= 0.3 is 0 Å². The van der Waals surface area contributed by atoms with Crippen LogP contribution in [0.25, 0.3) is 0 Å². The quantitative estimate of drug-likeness (QED) is 0.920. The maximum absolute atomic E-state index is 6.43. The van der Waals surface area contributed by atoms with Gasteiger partial charge in [-0.25, -0.2) is 0 Å². The minimum Gasteiger partial charge on any atom is -0.465 e. The van der Waals surface area contributed by atoms with E-state index in [0.29, 0.717) is 12.1 Å². The standard InChI is InChI=1S/C16H26N2O2/c1-3-12(17)16(15-8-7-11(2)20-15)18-9-10-19-14-6-4-5-13(14)18/h7-8,12-14,16H,3-6,9-10,17H2,1-2H3. The molecule has 1 aromatic rings. The van der Waals surface area contributed by atoms with Gasteiger partial charge in [-0.2, -0.15) is 0 Å². The van der Waals surface area contributed by atoms with E-state index in [-0.39, 0.29) is 12.1 Å². The SMILES string of the molecule is CCC(N)C(c1ccc(C)o1)N1CCOC2CCCC21. The minimum atomic E-state index is 0.111. The molecule has 0 amide bonds. The molecule has 0 spiro atoms. The zero-order valence-electron chi connectivity index (χ0n) is 12.5. The molecule has 1 saturated heterocycles. The van der Waals surface area contributed by atoms with E-state index in [2.05, 4.69) is 17.9 Å². The Balaban J connectivity index is 1.88. The summed E-state index contributed by atoms with van der Waals surface area (Å²) in [5, 5.41) is 0. The Kier molecular flexibility index (Phi) is 4.15. The van der Waals surface area contributed by atoms with E-state index >= 15 is 0 Å². The highest BCUT2D eigenvalue weighted by molar-refractivity contribution is 5.13. The number of morpholine rings is 1. The molecule has 4 atom stereocenters. The fraction of sp³-hybridized carbons (Fsp3) is 0.750. The van der Waals surface area contributed by atoms with Crippen LogP contribution in [0.3, 0.4) is 0 Å². The van der Waals surface area contributed by atoms with Gasteiger partial charge in [-0.05, 0) is 44.7 Å². The van der Waals surface area contributed by atoms with Crippen LogP contribution >= 0.6 is 0 Å². The van der Waals surface area contributed by atoms with Crippen LogP contribution in [0.5, 0.6) is 0 Å². The molecule has 20 heavy (non-hydrogen) atoms. The number of furan rings is 1. The molecule has 2 N–H and O–H groups in total. The van der Waals surface area contributed by atoms with Gasteiger partial charge in [0.1, 0.15) is 11.5 Å². The average Bonchev–Trinajstić information content (AvgIpc) is 3.08. The molecule has 4 unspecified atom stereocenters. The normalized spacial score (nSPS) is 30.1. The largest absolute Gasteiger partial charge is 0.465 e. The molecule has 4 heteroatoms. The predicted octanol–water partition coefficient (Wildman–Crippen LogP) is 2.62. The lowest BCUT2D eigenvalue weighted by atomic mass is 9.98. The fourth-order valence-electron chi connectivity index (χ4n) is 3.76. The van der Waals surface area contributed by atoms with Crippen LogP contribution in [0.4, 0.5) is 0 Å². The Morgan fingerprint density at radius 2 is 2.25 bits per heavy atom. The van der Waals surface area contributed by atoms with Gasteiger partial charge in [-0.15, -0.1) is 0 Å². The highest BCUT2D eigenvalue weighted by Gasteiger charge is 2.41. The molecule has 0 radical (unpaired) electrons. The summed E-state index contributed by atoms with van der Waals surface area (Å²) in [5.41, 5.74) is 6.43. The number of nitrogens with two attached hydrogens (primary N) is 1. The zero-order chi connectivity index (χ0) is 14.1. The molecular formula is C16H26N2O2. The van der Waals surface area contributed by atoms with E-state index in [9.17, 15) is 0 Å². The molecule has 2 fully saturated rings. The topological polar surface area (TPSA) is 51.6 Å². The number of hydrogen-bond donors (Lipinski definition) is 1. The van der Waals surface area contributed by atoms with Crippen LogP contribution in [-0.2, 0) is 4.74 Å². The van der Waals surface area contributed by atoms with E-state index in [0.717, 1.165) is 31.1 Å². The number of aryl methyl sites for hydroxylation is 1. The summed E-state index contributed by atoms with van der Waals surface area (Å²) in [6.07, 6.45) is 5.02. The highest BCUT2D eigenvalue weighted by Crippen LogP contribution is 2.37. The lowest BCUT2D eigenvalue weighted by Crippen LogP contribution is -2.53. The lowest BCUT2D eigenvalue weighted by molar-refractivity contribution is -0.0793. The average molecular weight is 278 g/mol. The van der Waals surface area contributed by atoms with Crippen molar-refractivity contribution in [3.05, 3.63) is 23.7 Å². The summed E-state index contributed by atoms with van der Waals surface area (Å²) in [6.45, 7) is 5.92. The van der Waals surface area contributed by atoms with E-state index < -0.39 is 0 Å². The highest BCUT2D eigenvalue weighted by atomic mass is 16.5. The zero-order valence-corrected chi connectivity index (χ0v) is 12.5. The molecule has 2 aliphatic rings. The summed E-state index contributed by atoms with van der Waals surface area (Å²) in [5.74, 6) is 1.98. The van der Waals surface area contributed by atoms with Crippen LogP contribution in [0.1, 0.15) is 50.2 Å². The first kappa shape index (κ1) is 14.1. The van der Waals surface area contributed by atoms with Crippen LogP contribution < -0.4 is 5.73 Å². The maximum Gasteiger partial charge on any atom is 0.122 e. The van der Waals surface area contributed by atoms with Gasteiger partial charge < -0.3 is 14.9 Å². The summed E-state index contributed by atoms with van der Waals surface area (Å²) in [7, 11) is 0. The molecule has 0 aromatic carbocycles. The monoisotopic (exact) mass is 278 g/mol. The van der Waals surface area contributed by atoms with Crippen LogP contribution in [0.2, 0.25) is 0 Å². The fourth-order valence-corrected chi connectivity index (χ4v) is 3.76. The van der Waals surface area contributed by atoms with Crippen molar-refractivity contribution in [1.29, 1.82) is 0 Å². The van der Waals surface area contributed by atoms with Crippen molar-refractivity contribution in [3.63, 3.8) is 0 Å². The number of hydrogen-bond acceptors (Lipinski definition) is 4. The molecule has 0 bridgehead atoms. The molecule has 4 nitrogen and oxygen atoms in total. The molecule has 3 rings (SSSR count). The van der Waals surface area contributed by atoms with Gasteiger partial charge in [0.15, 0.2) is 0 Å². The van der Waals surface area contributed by atoms with Gasteiger partial charge in [0.05, 0.1) is 18.8 Å². The van der Waals surface area contributed by atoms with Gasteiger partial charge in [0.2, 0.25) is 0 Å². The molecule has 1 aliphatic heterocycles. The summed E-state index contributed by atoms with van der Waals surface area (Å²) in [6, 6.07) is 4.94. The molecule has 1 aliphatic carbocycles. The second-order valence-electron chi connectivity index (χ2n) is 6.11. The molecule has 1 saturated carbocycles. The van der Waals surface area contributed by atoms with Crippen molar-refractivity contribution < 1.29 is 9.15 Å². The third kappa shape index (κ3) is 2.52. The summed E-state index contributed by atoms with van der Waals surface area (Å²) in [4.78, 5) is 2.55. The van der Waals surface area contributed by atoms with Gasteiger partial charge in [0.25, 0.3) is 0 Å². The Morgan fingerprint density at radius 3 is 2.95 bits per heavy atom. The molecular weight excluding hydrogens is 252 g/mol. The van der Waals surface area contributed by atoms with Crippen molar-refractivity contribution in [2.24, 2.45) is 5.73 Å². The second kappa shape index (κ2) is 5.88. The van der Waals surface area contributed by atoms with Gasteiger partial charge in [-0.3, -0.25) is 4.90 Å². The Labute approximate surface area is 121 Å². The van der Waals surface area contributed by atoms with Crippen molar-refractivity contribution >= 4 is 0 Å². The first-order valence-corrected chi connectivity index (χ1v) is 7.90. The smallest absolute Gasteiger partial charge is 0.122 e. The number of nitrogens with zero attached hydrogens (tertiary/aromatic N) is 1. The first-order chi connectivity index (χ1) is 9.70. The summed E-state index contributed by atoms with van der Waals surface area (Å²) >= 11 is 0. The van der Waals surface area contributed by atoms with E-state index in [1.807, 2.05) is 13.0 Å². The van der Waals surface area contributed by atoms with E-state index in [1.54, 1.807) is 0 Å². The van der Waals surface area contributed by atoms with Crippen LogP contribution in [-0.4, -0.2) is 36.2 Å². The number of fused-ring (bicyclic) bond motifs is 1. The Hall–Kier alpha value is -0.840. The molecule has 2 heterocycles. The van der Waals surface area contributed by atoms with Crippen molar-refractivity contribution in [2.75, 3.05) is 13.2 Å². The van der Waals surface area contributed by atoms with Crippen LogP contribution in [0.15, 0.2) is 16.5 Å². The van der Waals surface area contributed by atoms with Gasteiger partial charge in [-0.1, -0.05) is 6.92 Å². The minimum absolute atomic E-state index is 0.111. The third-order valence-corrected chi connectivity index (χ3v) is 4.81. The van der Waals surface area contributed by atoms with Crippen molar-refractivity contribution in [3.8, 4) is 0 Å². The van der Waals surface area contributed by atoms with Crippen molar-refractivity contribution in [1.82, 2.24) is 4.90 Å². The Morgan fingerprint density at radius 1 is 1.40 bits per heavy atom. The van der Waals surface area contributed by atoms with Gasteiger partial charge in [0, 0.05) is 18.6 Å². The summed E-state index contributed by atoms with van der Waals surface area (Å²) < 4.78 is 11.8. The van der Waals surface area contributed by atoms with Crippen LogP contribution in [0, 0.1) is 6.92 Å². The van der Waals surface area contributed by atoms with E-state index in [1.165, 1.54) is 19.3 Å². The third-order valence-electron chi connectivity index (χ3n) is 4.81. The van der Waals surface area contributed by atoms with E-state index in [4.69, 9.17) is 14.9 Å². The maximum atomic E-state index is 6.43. The number of ether oxygens (including phenoxy) is 1. The first-order valence-electron chi connectivity index (χ1n) is 7.90.